The van der Waals surface area contributed by atoms with Crippen LogP contribution in [0.2, 0.25) is 0 Å². The highest BCUT2D eigenvalue weighted by Crippen LogP contribution is 2.26. The monoisotopic (exact) mass is 347 g/mol. The number of benzene rings is 2. The number of ketones is 1. The topological polar surface area (TPSA) is 55.4 Å². The maximum absolute atomic E-state index is 12.4. The normalized spacial score (nSPS) is 10.0. The highest BCUT2D eigenvalue weighted by Gasteiger charge is 2.11. The van der Waals surface area contributed by atoms with Crippen LogP contribution >= 0.6 is 15.9 Å². The Morgan fingerprint density at radius 2 is 1.67 bits per heavy atom. The minimum atomic E-state index is -0.145. The molecule has 0 aliphatic heterocycles. The molecule has 1 N–H and O–H groups in total. The molecule has 21 heavy (non-hydrogen) atoms. The highest BCUT2D eigenvalue weighted by molar-refractivity contribution is 9.10. The van der Waals surface area contributed by atoms with Gasteiger partial charge in [0.25, 0.3) is 0 Å². The maximum Gasteiger partial charge on any atom is 0.221 e. The van der Waals surface area contributed by atoms with E-state index in [2.05, 4.69) is 21.2 Å². The number of carbonyl (C=O) groups excluding carboxylic acids is 2. The van der Waals surface area contributed by atoms with Crippen molar-refractivity contribution in [3.63, 3.8) is 0 Å². The van der Waals surface area contributed by atoms with Gasteiger partial charge in [-0.2, -0.15) is 0 Å². The Morgan fingerprint density at radius 3 is 2.19 bits per heavy atom. The van der Waals surface area contributed by atoms with Crippen LogP contribution in [0.4, 0.5) is 5.69 Å². The summed E-state index contributed by atoms with van der Waals surface area (Å²) in [6.07, 6.45) is 0. The first-order valence-electron chi connectivity index (χ1n) is 6.27. The number of ether oxygens (including phenoxy) is 1. The first kappa shape index (κ1) is 15.3. The van der Waals surface area contributed by atoms with Gasteiger partial charge in [0.1, 0.15) is 5.75 Å². The van der Waals surface area contributed by atoms with E-state index in [4.69, 9.17) is 4.74 Å². The molecule has 0 fully saturated rings. The van der Waals surface area contributed by atoms with Crippen molar-refractivity contribution in [1.29, 1.82) is 0 Å². The van der Waals surface area contributed by atoms with Crippen LogP contribution in [0.25, 0.3) is 0 Å². The van der Waals surface area contributed by atoms with Crippen molar-refractivity contribution in [2.75, 3.05) is 12.4 Å². The van der Waals surface area contributed by atoms with Crippen LogP contribution in [0.15, 0.2) is 46.9 Å². The van der Waals surface area contributed by atoms with Crippen LogP contribution in [0.3, 0.4) is 0 Å². The van der Waals surface area contributed by atoms with E-state index in [1.807, 2.05) is 0 Å². The van der Waals surface area contributed by atoms with E-state index in [0.29, 0.717) is 22.6 Å². The molecule has 0 unspecified atom stereocenters. The van der Waals surface area contributed by atoms with E-state index in [1.54, 1.807) is 49.6 Å². The first-order chi connectivity index (χ1) is 10.0. The molecule has 2 aromatic rings. The fourth-order valence-corrected chi connectivity index (χ4v) is 2.42. The van der Waals surface area contributed by atoms with Gasteiger partial charge in [-0.25, -0.2) is 0 Å². The molecule has 0 aliphatic rings. The summed E-state index contributed by atoms with van der Waals surface area (Å²) in [6.45, 7) is 1.44. The van der Waals surface area contributed by atoms with Gasteiger partial charge in [0.2, 0.25) is 5.91 Å². The molecule has 0 saturated heterocycles. The smallest absolute Gasteiger partial charge is 0.221 e. The summed E-state index contributed by atoms with van der Waals surface area (Å²) in [5.41, 5.74) is 1.78. The lowest BCUT2D eigenvalue weighted by molar-refractivity contribution is -0.114. The van der Waals surface area contributed by atoms with Gasteiger partial charge < -0.3 is 10.1 Å². The van der Waals surface area contributed by atoms with Gasteiger partial charge in [0, 0.05) is 23.7 Å². The lowest BCUT2D eigenvalue weighted by Gasteiger charge is -2.07. The second kappa shape index (κ2) is 6.54. The lowest BCUT2D eigenvalue weighted by atomic mass is 10.0. The van der Waals surface area contributed by atoms with E-state index in [-0.39, 0.29) is 11.7 Å². The first-order valence-corrected chi connectivity index (χ1v) is 7.06. The molecule has 5 heteroatoms. The van der Waals surface area contributed by atoms with Crippen LogP contribution < -0.4 is 10.1 Å². The summed E-state index contributed by atoms with van der Waals surface area (Å²) in [6, 6.07) is 12.0. The number of hydrogen-bond donors (Lipinski definition) is 1. The number of amides is 1. The summed E-state index contributed by atoms with van der Waals surface area (Å²) in [7, 11) is 1.57. The van der Waals surface area contributed by atoms with Crippen molar-refractivity contribution < 1.29 is 14.3 Å². The Bertz CT molecular complexity index is 680. The Kier molecular flexibility index (Phi) is 4.75. The Balaban J connectivity index is 2.23. The third kappa shape index (κ3) is 3.70. The van der Waals surface area contributed by atoms with Crippen molar-refractivity contribution in [3.05, 3.63) is 58.1 Å². The van der Waals surface area contributed by atoms with Crippen molar-refractivity contribution in [1.82, 2.24) is 0 Å². The average molecular weight is 348 g/mol. The molecule has 0 aromatic heterocycles. The fraction of sp³-hybridized carbons (Fsp3) is 0.125. The molecule has 4 nitrogen and oxygen atoms in total. The molecule has 0 aliphatic carbocycles. The second-order valence-electron chi connectivity index (χ2n) is 4.44. The molecule has 0 atom stereocenters. The number of rotatable bonds is 4. The third-order valence-corrected chi connectivity index (χ3v) is 3.50. The number of hydrogen-bond acceptors (Lipinski definition) is 3. The summed E-state index contributed by atoms with van der Waals surface area (Å²) < 4.78 is 5.87. The third-order valence-electron chi connectivity index (χ3n) is 2.88. The minimum Gasteiger partial charge on any atom is -0.496 e. The molecule has 0 radical (unpaired) electrons. The van der Waals surface area contributed by atoms with Crippen LogP contribution in [0, 0.1) is 0 Å². The predicted octanol–water partition coefficient (Wildman–Crippen LogP) is 3.65. The molecule has 2 aromatic carbocycles. The molecule has 2 rings (SSSR count). The molecule has 1 amide bonds. The lowest BCUT2D eigenvalue weighted by Crippen LogP contribution is -2.06. The zero-order chi connectivity index (χ0) is 15.4. The van der Waals surface area contributed by atoms with Crippen molar-refractivity contribution >= 4 is 33.3 Å². The van der Waals surface area contributed by atoms with Crippen LogP contribution in [0.1, 0.15) is 22.8 Å². The SMILES string of the molecule is COc1ccc(C(=O)c2ccc(NC(C)=O)cc2)cc1Br. The molecule has 108 valence electrons. The highest BCUT2D eigenvalue weighted by atomic mass is 79.9. The molecule has 0 saturated carbocycles. The van der Waals surface area contributed by atoms with Crippen LogP contribution in [-0.2, 0) is 4.79 Å². The van der Waals surface area contributed by atoms with Gasteiger partial charge in [-0.15, -0.1) is 0 Å². The number of nitrogens with one attached hydrogen (secondary N) is 1. The summed E-state index contributed by atoms with van der Waals surface area (Å²) in [4.78, 5) is 23.3. The van der Waals surface area contributed by atoms with Crippen LogP contribution in [0.5, 0.6) is 5.75 Å². The Labute approximate surface area is 131 Å². The van der Waals surface area contributed by atoms with Gasteiger partial charge in [0.15, 0.2) is 5.78 Å². The van der Waals surface area contributed by atoms with Gasteiger partial charge in [-0.05, 0) is 58.4 Å². The van der Waals surface area contributed by atoms with Gasteiger partial charge in [-0.3, -0.25) is 9.59 Å². The summed E-state index contributed by atoms with van der Waals surface area (Å²) in [5.74, 6) is 0.438. The largest absolute Gasteiger partial charge is 0.496 e. The average Bonchev–Trinajstić information content (AvgIpc) is 2.46. The molecular weight excluding hydrogens is 334 g/mol. The van der Waals surface area contributed by atoms with Crippen LogP contribution in [-0.4, -0.2) is 18.8 Å². The van der Waals surface area contributed by atoms with E-state index >= 15 is 0 Å². The molecule has 0 spiro atoms. The number of halogens is 1. The maximum atomic E-state index is 12.4. The predicted molar refractivity (Wildman–Crippen MR) is 84.9 cm³/mol. The van der Waals surface area contributed by atoms with E-state index < -0.39 is 0 Å². The molecule has 0 heterocycles. The van der Waals surface area contributed by atoms with E-state index in [0.717, 1.165) is 4.47 Å². The van der Waals surface area contributed by atoms with Crippen molar-refractivity contribution in [2.24, 2.45) is 0 Å². The quantitative estimate of drug-likeness (QED) is 0.859. The summed E-state index contributed by atoms with van der Waals surface area (Å²) in [5, 5.41) is 2.66. The number of methoxy groups -OCH3 is 1. The van der Waals surface area contributed by atoms with E-state index in [1.165, 1.54) is 6.92 Å². The van der Waals surface area contributed by atoms with Gasteiger partial charge >= 0.3 is 0 Å². The number of anilines is 1. The Morgan fingerprint density at radius 1 is 1.05 bits per heavy atom. The minimum absolute atomic E-state index is 0.0901. The zero-order valence-corrected chi connectivity index (χ0v) is 13.2. The number of carbonyl (C=O) groups is 2. The standard InChI is InChI=1S/C16H14BrNO3/c1-10(19)18-13-6-3-11(4-7-13)16(20)12-5-8-15(21-2)14(17)9-12/h3-9H,1-2H3,(H,18,19). The van der Waals surface area contributed by atoms with Crippen molar-refractivity contribution in [2.45, 2.75) is 6.92 Å². The molecular formula is C16H14BrNO3. The Hall–Kier alpha value is -2.14. The van der Waals surface area contributed by atoms with Gasteiger partial charge in [0.05, 0.1) is 11.6 Å². The second-order valence-corrected chi connectivity index (χ2v) is 5.29. The molecule has 0 bridgehead atoms. The zero-order valence-electron chi connectivity index (χ0n) is 11.6. The van der Waals surface area contributed by atoms with Crippen molar-refractivity contribution in [3.8, 4) is 5.75 Å². The van der Waals surface area contributed by atoms with Gasteiger partial charge in [-0.1, -0.05) is 0 Å². The summed E-state index contributed by atoms with van der Waals surface area (Å²) >= 11 is 3.36. The van der Waals surface area contributed by atoms with E-state index in [9.17, 15) is 9.59 Å². The fourth-order valence-electron chi connectivity index (χ4n) is 1.88.